The zero-order valence-corrected chi connectivity index (χ0v) is 11.7. The van der Waals surface area contributed by atoms with E-state index in [0.29, 0.717) is 6.04 Å². The molecule has 0 saturated carbocycles. The van der Waals surface area contributed by atoms with Gasteiger partial charge in [-0.2, -0.15) is 0 Å². The number of fused-ring (bicyclic) bond motifs is 1. The third-order valence-corrected chi connectivity index (χ3v) is 3.89. The quantitative estimate of drug-likeness (QED) is 0.831. The summed E-state index contributed by atoms with van der Waals surface area (Å²) in [5, 5.41) is 6.64. The van der Waals surface area contributed by atoms with Crippen molar-refractivity contribution in [2.45, 2.75) is 32.4 Å². The summed E-state index contributed by atoms with van der Waals surface area (Å²) in [7, 11) is 0. The van der Waals surface area contributed by atoms with Crippen LogP contribution in [0.5, 0.6) is 0 Å². The van der Waals surface area contributed by atoms with Gasteiger partial charge in [0.1, 0.15) is 0 Å². The van der Waals surface area contributed by atoms with Gasteiger partial charge in [0.05, 0.1) is 5.69 Å². The molecule has 2 heterocycles. The van der Waals surface area contributed by atoms with E-state index >= 15 is 0 Å². The SMILES string of the molecule is CCC(CCBr)NCc1cn2ccsc2n1. The first-order valence-corrected chi connectivity index (χ1v) is 7.54. The number of nitrogens with one attached hydrogen (secondary N) is 1. The molecule has 1 atom stereocenters. The maximum Gasteiger partial charge on any atom is 0.193 e. The molecule has 0 bridgehead atoms. The van der Waals surface area contributed by atoms with E-state index < -0.39 is 0 Å². The minimum atomic E-state index is 0.583. The molecule has 0 aliphatic carbocycles. The minimum Gasteiger partial charge on any atom is -0.308 e. The van der Waals surface area contributed by atoms with Crippen molar-refractivity contribution in [3.8, 4) is 0 Å². The number of alkyl halides is 1. The molecule has 1 N–H and O–H groups in total. The maximum atomic E-state index is 4.55. The number of imidazole rings is 1. The summed E-state index contributed by atoms with van der Waals surface area (Å²) in [5.41, 5.74) is 1.12. The van der Waals surface area contributed by atoms with Crippen molar-refractivity contribution < 1.29 is 0 Å². The molecule has 0 amide bonds. The van der Waals surface area contributed by atoms with Crippen LogP contribution in [0.25, 0.3) is 4.96 Å². The number of hydrogen-bond acceptors (Lipinski definition) is 3. The van der Waals surface area contributed by atoms with Crippen LogP contribution in [-0.2, 0) is 6.54 Å². The lowest BCUT2D eigenvalue weighted by atomic mass is 10.2. The first-order chi connectivity index (χ1) is 7.83. The summed E-state index contributed by atoms with van der Waals surface area (Å²) in [6.07, 6.45) is 6.47. The largest absolute Gasteiger partial charge is 0.308 e. The van der Waals surface area contributed by atoms with E-state index in [2.05, 4.69) is 49.1 Å². The smallest absolute Gasteiger partial charge is 0.193 e. The maximum absolute atomic E-state index is 4.55. The van der Waals surface area contributed by atoms with Gasteiger partial charge in [-0.25, -0.2) is 4.98 Å². The van der Waals surface area contributed by atoms with Gasteiger partial charge in [0, 0.05) is 35.7 Å². The Morgan fingerprint density at radius 1 is 1.62 bits per heavy atom. The van der Waals surface area contributed by atoms with Crippen LogP contribution in [0.2, 0.25) is 0 Å². The van der Waals surface area contributed by atoms with E-state index in [1.165, 1.54) is 6.42 Å². The van der Waals surface area contributed by atoms with Crippen molar-refractivity contribution in [2.24, 2.45) is 0 Å². The minimum absolute atomic E-state index is 0.583. The molecular formula is C11H16BrN3S. The fraction of sp³-hybridized carbons (Fsp3) is 0.545. The molecule has 2 rings (SSSR count). The van der Waals surface area contributed by atoms with E-state index in [0.717, 1.165) is 29.0 Å². The molecule has 0 aliphatic heterocycles. The number of hydrogen-bond donors (Lipinski definition) is 1. The van der Waals surface area contributed by atoms with E-state index in [1.54, 1.807) is 11.3 Å². The Morgan fingerprint density at radius 3 is 3.19 bits per heavy atom. The summed E-state index contributed by atoms with van der Waals surface area (Å²) in [6.45, 7) is 3.08. The van der Waals surface area contributed by atoms with Crippen LogP contribution in [0, 0.1) is 0 Å². The summed E-state index contributed by atoms with van der Waals surface area (Å²) in [6, 6.07) is 0.583. The fourth-order valence-corrected chi connectivity index (χ4v) is 2.96. The molecule has 88 valence electrons. The van der Waals surface area contributed by atoms with Crippen molar-refractivity contribution in [3.05, 3.63) is 23.5 Å². The number of rotatable bonds is 6. The molecule has 2 aromatic heterocycles. The van der Waals surface area contributed by atoms with Gasteiger partial charge in [-0.1, -0.05) is 22.9 Å². The normalized spacial score (nSPS) is 13.4. The molecule has 0 aromatic carbocycles. The van der Waals surface area contributed by atoms with E-state index in [9.17, 15) is 0 Å². The fourth-order valence-electron chi connectivity index (χ4n) is 1.69. The summed E-state index contributed by atoms with van der Waals surface area (Å²) >= 11 is 5.16. The second-order valence-electron chi connectivity index (χ2n) is 3.79. The Morgan fingerprint density at radius 2 is 2.50 bits per heavy atom. The Hall–Kier alpha value is -0.390. The Labute approximate surface area is 108 Å². The number of aromatic nitrogens is 2. The van der Waals surface area contributed by atoms with Gasteiger partial charge in [-0.15, -0.1) is 11.3 Å². The van der Waals surface area contributed by atoms with Crippen LogP contribution in [0.1, 0.15) is 25.5 Å². The Kier molecular flexibility index (Phi) is 4.37. The van der Waals surface area contributed by atoms with E-state index in [4.69, 9.17) is 0 Å². The number of halogens is 1. The molecular weight excluding hydrogens is 286 g/mol. The van der Waals surface area contributed by atoms with Crippen molar-refractivity contribution in [1.82, 2.24) is 14.7 Å². The average molecular weight is 302 g/mol. The Bertz CT molecular complexity index is 409. The van der Waals surface area contributed by atoms with Gasteiger partial charge in [-0.05, 0) is 12.8 Å². The molecule has 0 aliphatic rings. The highest BCUT2D eigenvalue weighted by Crippen LogP contribution is 2.11. The standard InChI is InChI=1S/C11H16BrN3S/c1-2-9(3-4-12)13-7-10-8-15-5-6-16-11(15)14-10/h5-6,8-9,13H,2-4,7H2,1H3. The lowest BCUT2D eigenvalue weighted by molar-refractivity contribution is 0.485. The number of thiazole rings is 1. The van der Waals surface area contributed by atoms with Gasteiger partial charge in [0.15, 0.2) is 4.96 Å². The zero-order valence-electron chi connectivity index (χ0n) is 9.32. The van der Waals surface area contributed by atoms with Gasteiger partial charge in [0.2, 0.25) is 0 Å². The molecule has 0 saturated heterocycles. The molecule has 1 unspecified atom stereocenters. The van der Waals surface area contributed by atoms with Gasteiger partial charge < -0.3 is 5.32 Å². The summed E-state index contributed by atoms with van der Waals surface area (Å²) < 4.78 is 2.08. The topological polar surface area (TPSA) is 29.3 Å². The lowest BCUT2D eigenvalue weighted by Crippen LogP contribution is -2.28. The van der Waals surface area contributed by atoms with Crippen molar-refractivity contribution in [3.63, 3.8) is 0 Å². The number of nitrogens with zero attached hydrogens (tertiary/aromatic N) is 2. The second-order valence-corrected chi connectivity index (χ2v) is 5.45. The molecule has 5 heteroatoms. The van der Waals surface area contributed by atoms with Crippen LogP contribution >= 0.6 is 27.3 Å². The predicted molar refractivity (Wildman–Crippen MR) is 72.4 cm³/mol. The summed E-state index contributed by atoms with van der Waals surface area (Å²) in [4.78, 5) is 5.62. The third kappa shape index (κ3) is 2.84. The van der Waals surface area contributed by atoms with Crippen LogP contribution in [0.15, 0.2) is 17.8 Å². The average Bonchev–Trinajstić information content (AvgIpc) is 2.84. The third-order valence-electron chi connectivity index (χ3n) is 2.67. The van der Waals surface area contributed by atoms with Crippen LogP contribution in [0.3, 0.4) is 0 Å². The highest BCUT2D eigenvalue weighted by atomic mass is 79.9. The van der Waals surface area contributed by atoms with Crippen LogP contribution in [-0.4, -0.2) is 20.8 Å². The van der Waals surface area contributed by atoms with Crippen molar-refractivity contribution in [1.29, 1.82) is 0 Å². The van der Waals surface area contributed by atoms with E-state index in [-0.39, 0.29) is 0 Å². The zero-order chi connectivity index (χ0) is 11.4. The monoisotopic (exact) mass is 301 g/mol. The molecule has 3 nitrogen and oxygen atoms in total. The molecule has 2 aromatic rings. The van der Waals surface area contributed by atoms with Gasteiger partial charge in [-0.3, -0.25) is 4.40 Å². The highest BCUT2D eigenvalue weighted by molar-refractivity contribution is 9.09. The van der Waals surface area contributed by atoms with Crippen molar-refractivity contribution in [2.75, 3.05) is 5.33 Å². The second kappa shape index (κ2) is 5.80. The first-order valence-electron chi connectivity index (χ1n) is 5.54. The van der Waals surface area contributed by atoms with Crippen LogP contribution in [0.4, 0.5) is 0 Å². The first kappa shape index (κ1) is 12.1. The Balaban J connectivity index is 1.92. The van der Waals surface area contributed by atoms with Crippen LogP contribution < -0.4 is 5.32 Å². The van der Waals surface area contributed by atoms with E-state index in [1.807, 2.05) is 6.20 Å². The molecule has 16 heavy (non-hydrogen) atoms. The summed E-state index contributed by atoms with van der Waals surface area (Å²) in [5.74, 6) is 0. The molecule has 0 spiro atoms. The van der Waals surface area contributed by atoms with Gasteiger partial charge in [0.25, 0.3) is 0 Å². The van der Waals surface area contributed by atoms with Gasteiger partial charge >= 0.3 is 0 Å². The van der Waals surface area contributed by atoms with Crippen molar-refractivity contribution >= 4 is 32.2 Å². The lowest BCUT2D eigenvalue weighted by Gasteiger charge is -2.14. The molecule has 0 fully saturated rings. The highest BCUT2D eigenvalue weighted by Gasteiger charge is 2.06. The predicted octanol–water partition coefficient (Wildman–Crippen LogP) is 3.05. The molecule has 0 radical (unpaired) electrons.